The van der Waals surface area contributed by atoms with Crippen LogP contribution in [0.25, 0.3) is 0 Å². The van der Waals surface area contributed by atoms with Gasteiger partial charge >= 0.3 is 0 Å². The van der Waals surface area contributed by atoms with Crippen LogP contribution in [0.1, 0.15) is 36.8 Å². The number of anilines is 2. The van der Waals surface area contributed by atoms with Crippen LogP contribution in [0.2, 0.25) is 0 Å². The smallest absolute Gasteiger partial charge is 0.267 e. The number of nitrogens with one attached hydrogen (secondary N) is 2. The second-order valence-corrected chi connectivity index (χ2v) is 12.5. The highest BCUT2D eigenvalue weighted by molar-refractivity contribution is 8.29. The highest BCUT2D eigenvalue weighted by atomic mass is 32.2. The number of carbonyl (C=O) groups excluding carboxylic acids is 4. The Bertz CT molecular complexity index is 1320. The minimum Gasteiger partial charge on any atom is -0.326 e. The normalized spacial score (nSPS) is 17.1. The van der Waals surface area contributed by atoms with Crippen LogP contribution in [0.3, 0.4) is 0 Å². The van der Waals surface area contributed by atoms with Gasteiger partial charge in [-0.2, -0.15) is 0 Å². The summed E-state index contributed by atoms with van der Waals surface area (Å²) >= 11 is 13.0. The number of aryl methyl sites for hydroxylation is 2. The summed E-state index contributed by atoms with van der Waals surface area (Å²) in [7, 11) is 0. The van der Waals surface area contributed by atoms with Crippen LogP contribution in [-0.2, 0) is 19.2 Å². The van der Waals surface area contributed by atoms with E-state index in [1.54, 1.807) is 0 Å². The van der Waals surface area contributed by atoms with Gasteiger partial charge in [-0.3, -0.25) is 29.0 Å². The summed E-state index contributed by atoms with van der Waals surface area (Å²) < 4.78 is 0.690. The third-order valence-corrected chi connectivity index (χ3v) is 9.34. The highest BCUT2D eigenvalue weighted by Crippen LogP contribution is 2.42. The molecule has 2 aliphatic heterocycles. The molecule has 2 saturated heterocycles. The molecule has 0 atom stereocenters. The van der Waals surface area contributed by atoms with Crippen molar-refractivity contribution in [2.75, 3.05) is 23.7 Å². The van der Waals surface area contributed by atoms with E-state index in [2.05, 4.69) is 10.6 Å². The largest absolute Gasteiger partial charge is 0.326 e. The van der Waals surface area contributed by atoms with Crippen LogP contribution in [0.5, 0.6) is 0 Å². The van der Waals surface area contributed by atoms with Crippen molar-refractivity contribution in [2.45, 2.75) is 39.5 Å². The summed E-state index contributed by atoms with van der Waals surface area (Å²) in [5, 5.41) is 5.76. The minimum atomic E-state index is -0.354. The molecule has 0 radical (unpaired) electrons. The van der Waals surface area contributed by atoms with Gasteiger partial charge in [-0.15, -0.1) is 0 Å². The number of hydrogen-bond acceptors (Lipinski definition) is 8. The van der Waals surface area contributed by atoms with Crippen LogP contribution in [0.15, 0.2) is 58.3 Å². The quantitative estimate of drug-likeness (QED) is 0.273. The lowest BCUT2D eigenvalue weighted by Crippen LogP contribution is -2.31. The summed E-state index contributed by atoms with van der Waals surface area (Å²) in [6, 6.07) is 15.0. The van der Waals surface area contributed by atoms with Gasteiger partial charge in [0.1, 0.15) is 8.64 Å². The molecule has 208 valence electrons. The summed E-state index contributed by atoms with van der Waals surface area (Å²) in [4.78, 5) is 54.4. The molecule has 0 bridgehead atoms. The fourth-order valence-corrected chi connectivity index (χ4v) is 6.87. The van der Waals surface area contributed by atoms with Crippen LogP contribution < -0.4 is 10.6 Å². The second-order valence-electron chi connectivity index (χ2n) is 9.24. The molecule has 2 fully saturated rings. The van der Waals surface area contributed by atoms with Gasteiger partial charge in [0, 0.05) is 37.3 Å². The van der Waals surface area contributed by atoms with Crippen molar-refractivity contribution < 1.29 is 19.2 Å². The molecule has 40 heavy (non-hydrogen) atoms. The molecular formula is C28H28N4O4S4. The first-order chi connectivity index (χ1) is 19.2. The molecule has 0 unspecified atom stereocenters. The average Bonchev–Trinajstić information content (AvgIpc) is 3.35. The fourth-order valence-electron chi connectivity index (χ4n) is 4.10. The van der Waals surface area contributed by atoms with Crippen molar-refractivity contribution in [3.05, 3.63) is 69.5 Å². The fraction of sp³-hybridized carbons (Fsp3) is 0.286. The van der Waals surface area contributed by atoms with Crippen LogP contribution >= 0.6 is 48.0 Å². The first-order valence-corrected chi connectivity index (χ1v) is 15.1. The number of para-hydroxylation sites is 2. The molecule has 2 aliphatic rings. The zero-order chi connectivity index (χ0) is 28.8. The van der Waals surface area contributed by atoms with Crippen molar-refractivity contribution in [1.82, 2.24) is 9.80 Å². The summed E-state index contributed by atoms with van der Waals surface area (Å²) in [6.07, 6.45) is 1.28. The van der Waals surface area contributed by atoms with E-state index in [9.17, 15) is 19.2 Å². The van der Waals surface area contributed by atoms with Gasteiger partial charge in [-0.1, -0.05) is 84.4 Å². The van der Waals surface area contributed by atoms with Gasteiger partial charge in [0.05, 0.1) is 9.81 Å². The maximum Gasteiger partial charge on any atom is 0.267 e. The Morgan fingerprint density at radius 2 is 1.07 bits per heavy atom. The summed E-state index contributed by atoms with van der Waals surface area (Å²) in [5.41, 5.74) is 3.45. The van der Waals surface area contributed by atoms with Gasteiger partial charge in [-0.05, 0) is 49.9 Å². The Morgan fingerprint density at radius 3 is 1.45 bits per heavy atom. The standard InChI is InChI=1S/C28H28N4O4S4/c1-17-9-3-5-11-19(17)29-21(33)13-7-15-31-25(35)23(39-27(31)37)24-26(36)32(28(38)40-24)16-8-14-22(34)30-20-12-6-4-10-18(20)2/h3-6,9-12H,7-8,13-16H2,1-2H3,(H,29,33)(H,30,34). The Hall–Kier alpha value is -3.06. The Balaban J connectivity index is 1.28. The van der Waals surface area contributed by atoms with E-state index in [0.29, 0.717) is 21.5 Å². The highest BCUT2D eigenvalue weighted by Gasteiger charge is 2.41. The number of nitrogens with zero attached hydrogens (tertiary/aromatic N) is 2. The Labute approximate surface area is 252 Å². The van der Waals surface area contributed by atoms with E-state index in [0.717, 1.165) is 46.0 Å². The first kappa shape index (κ1) is 29.9. The van der Waals surface area contributed by atoms with Gasteiger partial charge in [-0.25, -0.2) is 0 Å². The van der Waals surface area contributed by atoms with E-state index in [-0.39, 0.29) is 59.4 Å². The third-order valence-electron chi connectivity index (χ3n) is 6.31. The molecule has 2 heterocycles. The number of benzene rings is 2. The molecule has 2 aromatic carbocycles. The van der Waals surface area contributed by atoms with E-state index < -0.39 is 0 Å². The Kier molecular flexibility index (Phi) is 10.1. The van der Waals surface area contributed by atoms with Crippen molar-refractivity contribution >= 4 is 91.6 Å². The molecule has 0 spiro atoms. The van der Waals surface area contributed by atoms with Crippen LogP contribution in [-0.4, -0.2) is 55.2 Å². The molecule has 2 N–H and O–H groups in total. The summed E-state index contributed by atoms with van der Waals surface area (Å²) in [6.45, 7) is 4.38. The zero-order valence-electron chi connectivity index (χ0n) is 22.0. The van der Waals surface area contributed by atoms with Gasteiger partial charge < -0.3 is 10.6 Å². The number of carbonyl (C=O) groups is 4. The first-order valence-electron chi connectivity index (χ1n) is 12.7. The molecule has 4 rings (SSSR count). The lowest BCUT2D eigenvalue weighted by atomic mass is 10.2. The SMILES string of the molecule is Cc1ccccc1NC(=O)CCCN1C(=O)C(=C2SC(=S)N(CCCC(=O)Nc3ccccc3C)C2=O)SC1=S. The van der Waals surface area contributed by atoms with Crippen LogP contribution in [0, 0.1) is 13.8 Å². The molecule has 0 aliphatic carbocycles. The van der Waals surface area contributed by atoms with Crippen molar-refractivity contribution in [3.8, 4) is 0 Å². The zero-order valence-corrected chi connectivity index (χ0v) is 25.3. The van der Waals surface area contributed by atoms with E-state index >= 15 is 0 Å². The predicted molar refractivity (Wildman–Crippen MR) is 169 cm³/mol. The molecule has 0 saturated carbocycles. The lowest BCUT2D eigenvalue weighted by molar-refractivity contribution is -0.124. The second kappa shape index (κ2) is 13.5. The number of hydrogen-bond donors (Lipinski definition) is 2. The molecular weight excluding hydrogens is 585 g/mol. The van der Waals surface area contributed by atoms with E-state index in [4.69, 9.17) is 24.4 Å². The van der Waals surface area contributed by atoms with E-state index in [1.807, 2.05) is 62.4 Å². The molecule has 4 amide bonds. The minimum absolute atomic E-state index is 0.145. The predicted octanol–water partition coefficient (Wildman–Crippen LogP) is 5.37. The monoisotopic (exact) mass is 612 g/mol. The number of thioether (sulfide) groups is 2. The molecule has 12 heteroatoms. The number of rotatable bonds is 10. The molecule has 8 nitrogen and oxygen atoms in total. The van der Waals surface area contributed by atoms with Crippen molar-refractivity contribution in [3.63, 3.8) is 0 Å². The lowest BCUT2D eigenvalue weighted by Gasteiger charge is -2.15. The third kappa shape index (κ3) is 7.17. The Morgan fingerprint density at radius 1 is 0.700 bits per heavy atom. The van der Waals surface area contributed by atoms with Crippen LogP contribution in [0.4, 0.5) is 11.4 Å². The van der Waals surface area contributed by atoms with Gasteiger partial charge in [0.2, 0.25) is 11.8 Å². The van der Waals surface area contributed by atoms with Gasteiger partial charge in [0.25, 0.3) is 11.8 Å². The number of thiocarbonyl (C=S) groups is 2. The molecule has 0 aromatic heterocycles. The summed E-state index contributed by atoms with van der Waals surface area (Å²) in [5.74, 6) is -0.999. The topological polar surface area (TPSA) is 98.8 Å². The maximum atomic E-state index is 13.2. The van der Waals surface area contributed by atoms with Crippen molar-refractivity contribution in [2.24, 2.45) is 0 Å². The van der Waals surface area contributed by atoms with E-state index in [1.165, 1.54) is 9.80 Å². The number of amides is 4. The maximum absolute atomic E-state index is 13.2. The van der Waals surface area contributed by atoms with Crippen molar-refractivity contribution in [1.29, 1.82) is 0 Å². The molecule has 2 aromatic rings. The average molecular weight is 613 g/mol. The van der Waals surface area contributed by atoms with Gasteiger partial charge in [0.15, 0.2) is 0 Å².